The Bertz CT molecular complexity index is 321. The lowest BCUT2D eigenvalue weighted by atomic mass is 10.1. The Kier molecular flexibility index (Phi) is 3.82. The zero-order chi connectivity index (χ0) is 10.4. The summed E-state index contributed by atoms with van der Waals surface area (Å²) in [5.74, 6) is -0.395. The second-order valence-electron chi connectivity index (χ2n) is 2.98. The molecule has 1 atom stereocenters. The van der Waals surface area contributed by atoms with E-state index in [4.69, 9.17) is 11.5 Å². The summed E-state index contributed by atoms with van der Waals surface area (Å²) < 4.78 is 0. The molecule has 14 heavy (non-hydrogen) atoms. The second-order valence-corrected chi connectivity index (χ2v) is 2.98. The normalized spacial score (nSPS) is 12.9. The van der Waals surface area contributed by atoms with E-state index < -0.39 is 5.91 Å². The Labute approximate surface area is 82.6 Å². The van der Waals surface area contributed by atoms with Crippen molar-refractivity contribution in [2.24, 2.45) is 11.5 Å². The van der Waals surface area contributed by atoms with Crippen LogP contribution in [0.15, 0.2) is 30.6 Å². The van der Waals surface area contributed by atoms with Gasteiger partial charge in [-0.3, -0.25) is 9.78 Å². The standard InChI is InChI=1S/C10H13N3O/c11-9(6-10(12)14)4-3-8-2-1-5-13-7-8/h1-5,7,9H,6,11H2,(H2,12,14)/b4-3+. The Morgan fingerprint density at radius 1 is 1.64 bits per heavy atom. The fraction of sp³-hybridized carbons (Fsp3) is 0.200. The van der Waals surface area contributed by atoms with Gasteiger partial charge in [-0.1, -0.05) is 18.2 Å². The molecule has 1 aromatic heterocycles. The number of carbonyl (C=O) groups excluding carboxylic acids is 1. The van der Waals surface area contributed by atoms with Gasteiger partial charge in [0, 0.05) is 24.9 Å². The Morgan fingerprint density at radius 3 is 3.00 bits per heavy atom. The van der Waals surface area contributed by atoms with E-state index in [0.29, 0.717) is 0 Å². The largest absolute Gasteiger partial charge is 0.370 e. The van der Waals surface area contributed by atoms with Crippen LogP contribution in [0.5, 0.6) is 0 Å². The molecular weight excluding hydrogens is 178 g/mol. The maximum absolute atomic E-state index is 10.5. The minimum absolute atomic E-state index is 0.163. The smallest absolute Gasteiger partial charge is 0.219 e. The monoisotopic (exact) mass is 191 g/mol. The van der Waals surface area contributed by atoms with Crippen LogP contribution in [0.25, 0.3) is 6.08 Å². The van der Waals surface area contributed by atoms with Gasteiger partial charge in [-0.2, -0.15) is 0 Å². The van der Waals surface area contributed by atoms with E-state index in [1.54, 1.807) is 18.5 Å². The molecule has 74 valence electrons. The molecule has 0 radical (unpaired) electrons. The van der Waals surface area contributed by atoms with Crippen molar-refractivity contribution in [1.29, 1.82) is 0 Å². The first kappa shape index (κ1) is 10.4. The second kappa shape index (κ2) is 5.14. The molecule has 1 aromatic rings. The first-order valence-electron chi connectivity index (χ1n) is 4.30. The molecule has 1 amide bonds. The number of pyridine rings is 1. The zero-order valence-corrected chi connectivity index (χ0v) is 7.76. The van der Waals surface area contributed by atoms with Crippen LogP contribution in [-0.4, -0.2) is 16.9 Å². The van der Waals surface area contributed by atoms with Crippen LogP contribution in [0.3, 0.4) is 0 Å². The number of aromatic nitrogens is 1. The number of nitrogens with two attached hydrogens (primary N) is 2. The maximum Gasteiger partial charge on any atom is 0.219 e. The van der Waals surface area contributed by atoms with Gasteiger partial charge in [-0.25, -0.2) is 0 Å². The quantitative estimate of drug-likeness (QED) is 0.718. The van der Waals surface area contributed by atoms with E-state index in [9.17, 15) is 4.79 Å². The number of rotatable bonds is 4. The van der Waals surface area contributed by atoms with Gasteiger partial charge in [0.2, 0.25) is 5.91 Å². The minimum Gasteiger partial charge on any atom is -0.370 e. The van der Waals surface area contributed by atoms with Crippen molar-refractivity contribution >= 4 is 12.0 Å². The van der Waals surface area contributed by atoms with E-state index in [2.05, 4.69) is 4.98 Å². The average Bonchev–Trinajstić information content (AvgIpc) is 2.15. The van der Waals surface area contributed by atoms with E-state index in [1.807, 2.05) is 18.2 Å². The summed E-state index contributed by atoms with van der Waals surface area (Å²) in [6.45, 7) is 0. The van der Waals surface area contributed by atoms with Crippen molar-refractivity contribution in [3.63, 3.8) is 0 Å². The molecule has 0 aliphatic heterocycles. The highest BCUT2D eigenvalue weighted by Crippen LogP contribution is 2.00. The molecule has 0 aliphatic rings. The van der Waals surface area contributed by atoms with Crippen molar-refractivity contribution in [1.82, 2.24) is 4.98 Å². The molecular formula is C10H13N3O. The summed E-state index contributed by atoms with van der Waals surface area (Å²) in [5, 5.41) is 0. The lowest BCUT2D eigenvalue weighted by molar-refractivity contribution is -0.118. The summed E-state index contributed by atoms with van der Waals surface area (Å²) in [4.78, 5) is 14.5. The van der Waals surface area contributed by atoms with Gasteiger partial charge >= 0.3 is 0 Å². The van der Waals surface area contributed by atoms with Crippen LogP contribution >= 0.6 is 0 Å². The molecule has 1 unspecified atom stereocenters. The third-order valence-electron chi connectivity index (χ3n) is 1.66. The van der Waals surface area contributed by atoms with E-state index in [-0.39, 0.29) is 12.5 Å². The number of hydrogen-bond acceptors (Lipinski definition) is 3. The third kappa shape index (κ3) is 3.82. The predicted molar refractivity (Wildman–Crippen MR) is 55.1 cm³/mol. The van der Waals surface area contributed by atoms with Gasteiger partial charge in [-0.15, -0.1) is 0 Å². The zero-order valence-electron chi connectivity index (χ0n) is 7.76. The van der Waals surface area contributed by atoms with Gasteiger partial charge in [0.15, 0.2) is 0 Å². The van der Waals surface area contributed by atoms with Crippen molar-refractivity contribution in [3.05, 3.63) is 36.2 Å². The number of amides is 1. The summed E-state index contributed by atoms with van der Waals surface area (Å²) in [7, 11) is 0. The van der Waals surface area contributed by atoms with Gasteiger partial charge in [-0.05, 0) is 11.6 Å². The Balaban J connectivity index is 2.52. The number of carbonyl (C=O) groups is 1. The van der Waals surface area contributed by atoms with Crippen molar-refractivity contribution in [3.8, 4) is 0 Å². The number of primary amides is 1. The van der Waals surface area contributed by atoms with Gasteiger partial charge < -0.3 is 11.5 Å². The predicted octanol–water partition coefficient (Wildman–Crippen LogP) is 0.297. The van der Waals surface area contributed by atoms with Crippen molar-refractivity contribution in [2.45, 2.75) is 12.5 Å². The lowest BCUT2D eigenvalue weighted by Gasteiger charge is -2.01. The van der Waals surface area contributed by atoms with Crippen LogP contribution < -0.4 is 11.5 Å². The van der Waals surface area contributed by atoms with Crippen LogP contribution in [-0.2, 0) is 4.79 Å². The number of nitrogens with zero attached hydrogens (tertiary/aromatic N) is 1. The summed E-state index contributed by atoms with van der Waals surface area (Å²) in [5.41, 5.74) is 11.6. The highest BCUT2D eigenvalue weighted by molar-refractivity contribution is 5.74. The van der Waals surface area contributed by atoms with Crippen LogP contribution in [0.4, 0.5) is 0 Å². The molecule has 0 aliphatic carbocycles. The first-order valence-corrected chi connectivity index (χ1v) is 4.30. The van der Waals surface area contributed by atoms with Gasteiger partial charge in [0.1, 0.15) is 0 Å². The fourth-order valence-corrected chi connectivity index (χ4v) is 1.01. The molecule has 0 fully saturated rings. The molecule has 0 saturated carbocycles. The molecule has 1 rings (SSSR count). The number of hydrogen-bond donors (Lipinski definition) is 2. The molecule has 0 saturated heterocycles. The van der Waals surface area contributed by atoms with Crippen LogP contribution in [0, 0.1) is 0 Å². The Morgan fingerprint density at radius 2 is 2.43 bits per heavy atom. The summed E-state index contributed by atoms with van der Waals surface area (Å²) in [6.07, 6.45) is 7.13. The highest BCUT2D eigenvalue weighted by Gasteiger charge is 2.01. The molecule has 1 heterocycles. The summed E-state index contributed by atoms with van der Waals surface area (Å²) in [6, 6.07) is 3.41. The van der Waals surface area contributed by atoms with Crippen molar-refractivity contribution in [2.75, 3.05) is 0 Å². The van der Waals surface area contributed by atoms with E-state index in [1.165, 1.54) is 0 Å². The Hall–Kier alpha value is -1.68. The fourth-order valence-electron chi connectivity index (χ4n) is 1.01. The topological polar surface area (TPSA) is 82.0 Å². The molecule has 0 bridgehead atoms. The minimum atomic E-state index is -0.395. The summed E-state index contributed by atoms with van der Waals surface area (Å²) >= 11 is 0. The molecule has 0 spiro atoms. The van der Waals surface area contributed by atoms with E-state index >= 15 is 0 Å². The van der Waals surface area contributed by atoms with Crippen LogP contribution in [0.1, 0.15) is 12.0 Å². The first-order chi connectivity index (χ1) is 6.68. The van der Waals surface area contributed by atoms with Crippen molar-refractivity contribution < 1.29 is 4.79 Å². The average molecular weight is 191 g/mol. The highest BCUT2D eigenvalue weighted by atomic mass is 16.1. The van der Waals surface area contributed by atoms with Gasteiger partial charge in [0.05, 0.1) is 0 Å². The molecule has 4 heteroatoms. The molecule has 0 aromatic carbocycles. The lowest BCUT2D eigenvalue weighted by Crippen LogP contribution is -2.25. The SMILES string of the molecule is NC(=O)CC(N)/C=C/c1cccnc1. The van der Waals surface area contributed by atoms with Crippen LogP contribution in [0.2, 0.25) is 0 Å². The van der Waals surface area contributed by atoms with Gasteiger partial charge in [0.25, 0.3) is 0 Å². The molecule has 4 N–H and O–H groups in total. The molecule has 4 nitrogen and oxygen atoms in total. The maximum atomic E-state index is 10.5. The van der Waals surface area contributed by atoms with E-state index in [0.717, 1.165) is 5.56 Å². The third-order valence-corrected chi connectivity index (χ3v) is 1.66.